The maximum Gasteiger partial charge on any atom is 0.407 e. The average Bonchev–Trinajstić information content (AvgIpc) is 3.46. The summed E-state index contributed by atoms with van der Waals surface area (Å²) in [5, 5.41) is 13.4. The van der Waals surface area contributed by atoms with Crippen LogP contribution < -0.4 is 26.0 Å². The monoisotopic (exact) mass is 1180 g/mol. The van der Waals surface area contributed by atoms with E-state index in [-0.39, 0.29) is 50.0 Å². The lowest BCUT2D eigenvalue weighted by Gasteiger charge is -2.45. The lowest BCUT2D eigenvalue weighted by Crippen LogP contribution is -2.65. The minimum Gasteiger partial charge on any atom is -0.469 e. The van der Waals surface area contributed by atoms with Gasteiger partial charge in [0.05, 0.1) is 56.1 Å². The number of hydrogen-bond acceptors (Lipinski definition) is 12. The molecule has 0 saturated carbocycles. The molecule has 0 spiro atoms. The third kappa shape index (κ3) is 19.1. The number of methoxy groups -OCH3 is 1. The number of nitrogens with zero attached hydrogens (tertiary/aromatic N) is 4. The van der Waals surface area contributed by atoms with E-state index in [2.05, 4.69) is 69.6 Å². The smallest absolute Gasteiger partial charge is 0.407 e. The van der Waals surface area contributed by atoms with Crippen LogP contribution in [0.25, 0.3) is 11.3 Å². The van der Waals surface area contributed by atoms with Crippen LogP contribution >= 0.6 is 23.2 Å². The van der Waals surface area contributed by atoms with Crippen molar-refractivity contribution in [2.75, 3.05) is 47.4 Å². The predicted molar refractivity (Wildman–Crippen MR) is 324 cm³/mol. The first-order chi connectivity index (χ1) is 38.6. The third-order valence-electron chi connectivity index (χ3n) is 15.0. The van der Waals surface area contributed by atoms with Crippen LogP contribution in [-0.4, -0.2) is 128 Å². The van der Waals surface area contributed by atoms with Gasteiger partial charge < -0.3 is 54.3 Å². The van der Waals surface area contributed by atoms with Gasteiger partial charge in [0.25, 0.3) is 0 Å². The summed E-state index contributed by atoms with van der Waals surface area (Å²) in [6.07, 6.45) is 2.84. The van der Waals surface area contributed by atoms with Gasteiger partial charge in [-0.2, -0.15) is 0 Å². The molecule has 0 bridgehead atoms. The van der Waals surface area contributed by atoms with E-state index in [0.29, 0.717) is 65.9 Å². The molecule has 20 heteroatoms. The van der Waals surface area contributed by atoms with Gasteiger partial charge in [-0.1, -0.05) is 92.5 Å². The van der Waals surface area contributed by atoms with Gasteiger partial charge in [-0.15, -0.1) is 0 Å². The number of piperidine rings is 1. The second kappa shape index (κ2) is 28.8. The number of benzene rings is 4. The zero-order valence-corrected chi connectivity index (χ0v) is 52.3. The molecule has 1 aromatic heterocycles. The zero-order chi connectivity index (χ0) is 60.0. The van der Waals surface area contributed by atoms with Crippen LogP contribution in [0.2, 0.25) is 28.2 Å². The summed E-state index contributed by atoms with van der Waals surface area (Å²) in [5.74, 6) is -0.542. The number of imidazole rings is 1. The Bertz CT molecular complexity index is 2950. The third-order valence-corrected chi connectivity index (χ3v) is 20.0. The number of carbonyl (C=O) groups is 5. The Labute approximate surface area is 495 Å². The Morgan fingerprint density at radius 2 is 1.54 bits per heavy atom. The van der Waals surface area contributed by atoms with Gasteiger partial charge in [0.2, 0.25) is 17.7 Å². The van der Waals surface area contributed by atoms with Gasteiger partial charge in [0, 0.05) is 54.4 Å². The highest BCUT2D eigenvalue weighted by Crippen LogP contribution is 2.37. The quantitative estimate of drug-likeness (QED) is 0.0320. The highest BCUT2D eigenvalue weighted by Gasteiger charge is 2.44. The molecule has 82 heavy (non-hydrogen) atoms. The molecule has 17 nitrogen and oxygen atoms in total. The zero-order valence-electron chi connectivity index (χ0n) is 49.8. The standard InChI is InChI=1S/C62H84Cl2N8O9Si/c1-60(2,3)81-59(77)65-31-29-50(66-37-45-21-26-48(64)35-53(45)80-49-27-22-44(23-28-49)52-38-67-54(71(52)9)39-70(7)8)56(74)68-51(40-79-82(11,12)61(4,5)6)57(75)69-62(36-43-19-24-47(63)25-20-43)30-16-32-72(41-62)58(76)46(34-55(73)78-10)33-42-17-14-13-15-18-42/h13-15,17-28,35,38,46,50-51,66H,16,29-34,36-37,39-41H2,1-12H3,(H,65,77)(H,68,74)(H,69,75). The van der Waals surface area contributed by atoms with Crippen LogP contribution in [-0.2, 0) is 66.1 Å². The van der Waals surface area contributed by atoms with Gasteiger partial charge in [-0.3, -0.25) is 19.2 Å². The van der Waals surface area contributed by atoms with E-state index in [9.17, 15) is 14.4 Å². The summed E-state index contributed by atoms with van der Waals surface area (Å²) in [4.78, 5) is 79.3. The highest BCUT2D eigenvalue weighted by atomic mass is 35.5. The van der Waals surface area contributed by atoms with E-state index in [0.717, 1.165) is 28.2 Å². The van der Waals surface area contributed by atoms with Crippen molar-refractivity contribution in [3.63, 3.8) is 0 Å². The number of nitrogens with one attached hydrogen (secondary N) is 4. The van der Waals surface area contributed by atoms with Crippen LogP contribution in [0.15, 0.2) is 103 Å². The Morgan fingerprint density at radius 3 is 2.18 bits per heavy atom. The number of hydrogen-bond donors (Lipinski definition) is 4. The van der Waals surface area contributed by atoms with E-state index in [1.54, 1.807) is 49.9 Å². The first-order valence-corrected chi connectivity index (χ1v) is 31.6. The van der Waals surface area contributed by atoms with E-state index in [4.69, 9.17) is 41.8 Å². The Kier molecular flexibility index (Phi) is 22.8. The summed E-state index contributed by atoms with van der Waals surface area (Å²) in [6.45, 7) is 17.0. The van der Waals surface area contributed by atoms with Crippen molar-refractivity contribution in [3.05, 3.63) is 136 Å². The lowest BCUT2D eigenvalue weighted by atomic mass is 9.82. The minimum atomic E-state index is -2.54. The second-order valence-corrected chi connectivity index (χ2v) is 29.8. The molecule has 2 heterocycles. The number of rotatable bonds is 25. The van der Waals surface area contributed by atoms with E-state index >= 15 is 9.59 Å². The summed E-state index contributed by atoms with van der Waals surface area (Å²) in [7, 11) is 4.76. The molecular weight excluding hydrogens is 1100 g/mol. The number of ether oxygens (including phenoxy) is 3. The maximum atomic E-state index is 15.3. The van der Waals surface area contributed by atoms with Gasteiger partial charge in [0.15, 0.2) is 8.32 Å². The van der Waals surface area contributed by atoms with Crippen molar-refractivity contribution >= 4 is 61.3 Å². The molecule has 0 radical (unpaired) electrons. The molecule has 4 atom stereocenters. The van der Waals surface area contributed by atoms with Gasteiger partial charge in [-0.25, -0.2) is 9.78 Å². The number of alkyl carbamates (subject to hydrolysis) is 1. The van der Waals surface area contributed by atoms with E-state index in [1.807, 2.05) is 100 Å². The molecule has 1 fully saturated rings. The van der Waals surface area contributed by atoms with E-state index < -0.39 is 61.3 Å². The normalized spacial score (nSPS) is 16.0. The molecule has 4 amide bonds. The number of esters is 1. The average molecular weight is 1180 g/mol. The van der Waals surface area contributed by atoms with Gasteiger partial charge >= 0.3 is 12.1 Å². The van der Waals surface area contributed by atoms with Crippen LogP contribution in [0.5, 0.6) is 11.5 Å². The predicted octanol–water partition coefficient (Wildman–Crippen LogP) is 10.3. The molecular formula is C62H84Cl2N8O9Si. The van der Waals surface area contributed by atoms with Crippen molar-refractivity contribution < 1.29 is 42.6 Å². The van der Waals surface area contributed by atoms with Crippen molar-refractivity contribution in [2.45, 2.75) is 135 Å². The molecule has 5 aromatic rings. The summed E-state index contributed by atoms with van der Waals surface area (Å²) in [6, 6.07) is 27.6. The molecule has 1 aliphatic heterocycles. The van der Waals surface area contributed by atoms with Crippen molar-refractivity contribution in [1.82, 2.24) is 40.6 Å². The SMILES string of the molecule is COC(=O)CC(Cc1ccccc1)C(=O)N1CCCC(Cc2ccc(Cl)cc2)(NC(=O)C(CO[Si](C)(C)C(C)(C)C)NC(=O)C(CCNC(=O)OC(C)(C)C)NCc2ccc(Cl)cc2Oc2ccc(-c3cnc(CN(C)C)n3C)cc2)C1. The number of likely N-dealkylation sites (tertiary alicyclic amines) is 1. The van der Waals surface area contributed by atoms with Crippen LogP contribution in [0.1, 0.15) is 89.7 Å². The summed E-state index contributed by atoms with van der Waals surface area (Å²) < 4.78 is 25.9. The van der Waals surface area contributed by atoms with Crippen LogP contribution in [0, 0.1) is 5.92 Å². The summed E-state index contributed by atoms with van der Waals surface area (Å²) in [5.41, 5.74) is 2.58. The molecule has 6 rings (SSSR count). The largest absolute Gasteiger partial charge is 0.469 e. The fraction of sp³-hybridized carbons (Fsp3) is 0.484. The lowest BCUT2D eigenvalue weighted by molar-refractivity contribution is -0.148. The number of halogens is 2. The fourth-order valence-electron chi connectivity index (χ4n) is 9.53. The Balaban J connectivity index is 1.29. The number of amides is 4. The Hall–Kier alpha value is -6.28. The molecule has 444 valence electrons. The number of aromatic nitrogens is 2. The van der Waals surface area contributed by atoms with Crippen molar-refractivity contribution in [1.29, 1.82) is 0 Å². The molecule has 1 aliphatic rings. The maximum absolute atomic E-state index is 15.3. The van der Waals surface area contributed by atoms with Crippen molar-refractivity contribution in [3.8, 4) is 22.8 Å². The van der Waals surface area contributed by atoms with E-state index in [1.165, 1.54) is 7.11 Å². The molecule has 4 aromatic carbocycles. The van der Waals surface area contributed by atoms with Crippen LogP contribution in [0.4, 0.5) is 4.79 Å². The van der Waals surface area contributed by atoms with Crippen molar-refractivity contribution in [2.24, 2.45) is 13.0 Å². The highest BCUT2D eigenvalue weighted by molar-refractivity contribution is 6.74. The minimum absolute atomic E-state index is 0.0380. The van der Waals surface area contributed by atoms with Gasteiger partial charge in [0.1, 0.15) is 29.0 Å². The Morgan fingerprint density at radius 1 is 0.854 bits per heavy atom. The summed E-state index contributed by atoms with van der Waals surface area (Å²) >= 11 is 12.9. The number of carbonyl (C=O) groups excluding carboxylic acids is 5. The second-order valence-electron chi connectivity index (χ2n) is 24.1. The molecule has 0 aliphatic carbocycles. The first kappa shape index (κ1) is 64.9. The molecule has 4 unspecified atom stereocenters. The molecule has 4 N–H and O–H groups in total. The fourth-order valence-corrected chi connectivity index (χ4v) is 10.8. The van der Waals surface area contributed by atoms with Crippen LogP contribution in [0.3, 0.4) is 0 Å². The van der Waals surface area contributed by atoms with Gasteiger partial charge in [-0.05, 0) is 145 Å². The first-order valence-electron chi connectivity index (χ1n) is 28.0. The topological polar surface area (TPSA) is 195 Å². The molecule has 1 saturated heterocycles.